The van der Waals surface area contributed by atoms with E-state index in [-0.39, 0.29) is 5.91 Å². The molecule has 1 heterocycles. The Morgan fingerprint density at radius 2 is 2.00 bits per heavy atom. The van der Waals surface area contributed by atoms with E-state index >= 15 is 0 Å². The first-order chi connectivity index (χ1) is 8.26. The number of carbonyl (C=O) groups is 1. The van der Waals surface area contributed by atoms with Crippen LogP contribution < -0.4 is 5.73 Å². The highest BCUT2D eigenvalue weighted by Crippen LogP contribution is 2.45. The fourth-order valence-electron chi connectivity index (χ4n) is 3.18. The van der Waals surface area contributed by atoms with Crippen molar-refractivity contribution >= 4 is 5.91 Å². The molecule has 2 N–H and O–H groups in total. The van der Waals surface area contributed by atoms with Gasteiger partial charge in [0.15, 0.2) is 0 Å². The highest BCUT2D eigenvalue weighted by atomic mass is 16.5. The minimum absolute atomic E-state index is 0.255. The lowest BCUT2D eigenvalue weighted by Gasteiger charge is -2.23. The Labute approximate surface area is 103 Å². The van der Waals surface area contributed by atoms with Crippen LogP contribution in [-0.2, 0) is 9.53 Å². The van der Waals surface area contributed by atoms with Crippen molar-refractivity contribution in [2.24, 2.45) is 11.1 Å². The Morgan fingerprint density at radius 1 is 1.24 bits per heavy atom. The maximum absolute atomic E-state index is 12.0. The van der Waals surface area contributed by atoms with Gasteiger partial charge in [-0.05, 0) is 24.7 Å². The van der Waals surface area contributed by atoms with Crippen LogP contribution in [0.4, 0.5) is 0 Å². The molecule has 1 aliphatic carbocycles. The normalized spacial score (nSPS) is 22.5. The van der Waals surface area contributed by atoms with Crippen LogP contribution in [0.5, 0.6) is 0 Å². The van der Waals surface area contributed by atoms with Crippen LogP contribution in [-0.4, -0.2) is 43.7 Å². The predicted octanol–water partition coefficient (Wildman–Crippen LogP) is 1.14. The summed E-state index contributed by atoms with van der Waals surface area (Å²) < 4.78 is 5.26. The second-order valence-electron chi connectivity index (χ2n) is 5.42. The average Bonchev–Trinajstić information content (AvgIpc) is 2.96. The summed E-state index contributed by atoms with van der Waals surface area (Å²) in [4.78, 5) is 14.0. The van der Waals surface area contributed by atoms with E-state index in [1.165, 1.54) is 32.1 Å². The molecule has 1 spiro atoms. The van der Waals surface area contributed by atoms with Crippen LogP contribution in [0.15, 0.2) is 0 Å². The molecular formula is C13H24N2O2. The van der Waals surface area contributed by atoms with Crippen molar-refractivity contribution in [2.45, 2.75) is 38.5 Å². The fraction of sp³-hybridized carbons (Fsp3) is 0.923. The smallest absolute Gasteiger partial charge is 0.224 e. The lowest BCUT2D eigenvalue weighted by molar-refractivity contribution is -0.131. The van der Waals surface area contributed by atoms with E-state index in [1.54, 1.807) is 0 Å². The topological polar surface area (TPSA) is 55.6 Å². The van der Waals surface area contributed by atoms with E-state index < -0.39 is 0 Å². The van der Waals surface area contributed by atoms with Crippen molar-refractivity contribution in [2.75, 3.05) is 32.8 Å². The van der Waals surface area contributed by atoms with Gasteiger partial charge in [0.25, 0.3) is 0 Å². The van der Waals surface area contributed by atoms with Gasteiger partial charge in [-0.25, -0.2) is 0 Å². The number of nitrogens with two attached hydrogens (primary N) is 1. The second kappa shape index (κ2) is 5.83. The third-order valence-corrected chi connectivity index (χ3v) is 4.18. The van der Waals surface area contributed by atoms with Gasteiger partial charge >= 0.3 is 0 Å². The van der Waals surface area contributed by atoms with Gasteiger partial charge < -0.3 is 15.4 Å². The van der Waals surface area contributed by atoms with E-state index in [1.807, 2.05) is 4.90 Å². The molecule has 0 aromatic carbocycles. The van der Waals surface area contributed by atoms with Gasteiger partial charge in [0.1, 0.15) is 0 Å². The Kier molecular flexibility index (Phi) is 4.40. The van der Waals surface area contributed by atoms with Gasteiger partial charge in [-0.1, -0.05) is 12.8 Å². The third kappa shape index (κ3) is 3.19. The molecule has 4 nitrogen and oxygen atoms in total. The van der Waals surface area contributed by atoms with Crippen molar-refractivity contribution < 1.29 is 9.53 Å². The molecule has 4 heteroatoms. The van der Waals surface area contributed by atoms with Crippen LogP contribution in [0.25, 0.3) is 0 Å². The van der Waals surface area contributed by atoms with Crippen LogP contribution in [0.1, 0.15) is 38.5 Å². The molecule has 1 amide bonds. The van der Waals surface area contributed by atoms with Gasteiger partial charge in [-0.3, -0.25) is 4.79 Å². The Balaban J connectivity index is 1.70. The zero-order chi connectivity index (χ0) is 12.1. The molecule has 1 aliphatic heterocycles. The minimum atomic E-state index is 0.255. The van der Waals surface area contributed by atoms with Crippen LogP contribution >= 0.6 is 0 Å². The molecule has 2 rings (SSSR count). The molecule has 1 saturated carbocycles. The standard InChI is InChI=1S/C13H24N2O2/c14-7-10-17-9-3-12(16)15-8-6-13(11-15)4-1-2-5-13/h1-11,14H2. The van der Waals surface area contributed by atoms with E-state index in [0.29, 0.717) is 31.6 Å². The summed E-state index contributed by atoms with van der Waals surface area (Å²) >= 11 is 0. The molecule has 0 aromatic heterocycles. The van der Waals surface area contributed by atoms with Gasteiger partial charge in [-0.2, -0.15) is 0 Å². The molecule has 2 fully saturated rings. The van der Waals surface area contributed by atoms with Crippen molar-refractivity contribution in [3.05, 3.63) is 0 Å². The summed E-state index contributed by atoms with van der Waals surface area (Å²) in [5, 5.41) is 0. The van der Waals surface area contributed by atoms with Gasteiger partial charge in [-0.15, -0.1) is 0 Å². The number of likely N-dealkylation sites (tertiary alicyclic amines) is 1. The highest BCUT2D eigenvalue weighted by Gasteiger charge is 2.41. The lowest BCUT2D eigenvalue weighted by Crippen LogP contribution is -2.31. The second-order valence-corrected chi connectivity index (χ2v) is 5.42. The minimum Gasteiger partial charge on any atom is -0.380 e. The summed E-state index contributed by atoms with van der Waals surface area (Å²) in [5.41, 5.74) is 5.81. The number of amides is 1. The number of hydrogen-bond acceptors (Lipinski definition) is 3. The van der Waals surface area contributed by atoms with Crippen LogP contribution in [0.3, 0.4) is 0 Å². The van der Waals surface area contributed by atoms with Gasteiger partial charge in [0.05, 0.1) is 19.6 Å². The molecule has 98 valence electrons. The van der Waals surface area contributed by atoms with Crippen molar-refractivity contribution in [3.63, 3.8) is 0 Å². The summed E-state index contributed by atoms with van der Waals surface area (Å²) in [6.07, 6.45) is 7.06. The first kappa shape index (κ1) is 12.8. The maximum atomic E-state index is 12.0. The summed E-state index contributed by atoms with van der Waals surface area (Å²) in [6, 6.07) is 0. The van der Waals surface area contributed by atoms with Crippen molar-refractivity contribution in [3.8, 4) is 0 Å². The fourth-order valence-corrected chi connectivity index (χ4v) is 3.18. The van der Waals surface area contributed by atoms with Crippen molar-refractivity contribution in [1.29, 1.82) is 0 Å². The maximum Gasteiger partial charge on any atom is 0.224 e. The zero-order valence-corrected chi connectivity index (χ0v) is 10.6. The number of carbonyl (C=O) groups excluding carboxylic acids is 1. The monoisotopic (exact) mass is 240 g/mol. The molecule has 2 aliphatic rings. The van der Waals surface area contributed by atoms with E-state index in [9.17, 15) is 4.79 Å². The predicted molar refractivity (Wildman–Crippen MR) is 66.6 cm³/mol. The van der Waals surface area contributed by atoms with Crippen LogP contribution in [0, 0.1) is 5.41 Å². The summed E-state index contributed by atoms with van der Waals surface area (Å²) in [5.74, 6) is 0.255. The van der Waals surface area contributed by atoms with Gasteiger partial charge in [0, 0.05) is 19.6 Å². The number of ether oxygens (including phenoxy) is 1. The zero-order valence-electron chi connectivity index (χ0n) is 10.6. The Bertz CT molecular complexity index is 262. The number of rotatable bonds is 5. The molecule has 0 atom stereocenters. The first-order valence-corrected chi connectivity index (χ1v) is 6.81. The summed E-state index contributed by atoms with van der Waals surface area (Å²) in [7, 11) is 0. The number of nitrogens with zero attached hydrogens (tertiary/aromatic N) is 1. The third-order valence-electron chi connectivity index (χ3n) is 4.18. The lowest BCUT2D eigenvalue weighted by atomic mass is 9.86. The molecule has 0 bridgehead atoms. The highest BCUT2D eigenvalue weighted by molar-refractivity contribution is 5.76. The van der Waals surface area contributed by atoms with Crippen molar-refractivity contribution in [1.82, 2.24) is 4.90 Å². The Hall–Kier alpha value is -0.610. The SMILES string of the molecule is NCCOCCC(=O)N1CCC2(CCCC2)C1. The quantitative estimate of drug-likeness (QED) is 0.733. The number of hydrogen-bond donors (Lipinski definition) is 1. The Morgan fingerprint density at radius 3 is 2.71 bits per heavy atom. The summed E-state index contributed by atoms with van der Waals surface area (Å²) in [6.45, 7) is 3.54. The molecular weight excluding hydrogens is 216 g/mol. The van der Waals surface area contributed by atoms with E-state index in [4.69, 9.17) is 10.5 Å². The molecule has 17 heavy (non-hydrogen) atoms. The molecule has 0 aromatic rings. The first-order valence-electron chi connectivity index (χ1n) is 6.81. The van der Waals surface area contributed by atoms with E-state index in [0.717, 1.165) is 13.1 Å². The molecule has 0 radical (unpaired) electrons. The molecule has 1 saturated heterocycles. The molecule has 0 unspecified atom stereocenters. The largest absolute Gasteiger partial charge is 0.380 e. The van der Waals surface area contributed by atoms with E-state index in [2.05, 4.69) is 0 Å². The van der Waals surface area contributed by atoms with Crippen LogP contribution in [0.2, 0.25) is 0 Å². The van der Waals surface area contributed by atoms with Gasteiger partial charge in [0.2, 0.25) is 5.91 Å². The average molecular weight is 240 g/mol.